The van der Waals surface area contributed by atoms with Gasteiger partial charge in [-0.1, -0.05) is 267 Å². The molecule has 0 amide bonds. The molecule has 0 atom stereocenters. The molecule has 0 N–H and O–H groups in total. The third kappa shape index (κ3) is 6.42. The van der Waals surface area contributed by atoms with Gasteiger partial charge in [0.1, 0.15) is 0 Å². The molecular weight excluding hydrogens is 879 g/mol. The number of nitrogens with zero attached hydrogens (tertiary/aromatic N) is 1. The number of rotatable bonds is 9. The molecule has 2 aliphatic carbocycles. The van der Waals surface area contributed by atoms with Crippen molar-refractivity contribution in [2.75, 3.05) is 4.90 Å². The summed E-state index contributed by atoms with van der Waals surface area (Å²) < 4.78 is 0. The molecule has 0 aromatic heterocycles. The molecule has 1 nitrogen and oxygen atoms in total. The minimum absolute atomic E-state index is 0.556. The van der Waals surface area contributed by atoms with Crippen LogP contribution in [0.3, 0.4) is 0 Å². The Hall–Kier alpha value is -9.30. The van der Waals surface area contributed by atoms with E-state index in [0.717, 1.165) is 17.1 Å². The first-order valence-electron chi connectivity index (χ1n) is 25.4. The van der Waals surface area contributed by atoms with Crippen LogP contribution < -0.4 is 4.90 Å². The average Bonchev–Trinajstić information content (AvgIpc) is 3.96. The van der Waals surface area contributed by atoms with Gasteiger partial charge in [0.25, 0.3) is 0 Å². The van der Waals surface area contributed by atoms with Crippen molar-refractivity contribution in [1.82, 2.24) is 0 Å². The lowest BCUT2D eigenvalue weighted by Crippen LogP contribution is -2.29. The molecule has 0 radical (unpaired) electrons. The Morgan fingerprint density at radius 1 is 0.247 bits per heavy atom. The van der Waals surface area contributed by atoms with Crippen molar-refractivity contribution in [1.29, 1.82) is 0 Å². The van der Waals surface area contributed by atoms with Crippen molar-refractivity contribution >= 4 is 27.8 Å². The molecule has 342 valence electrons. The summed E-state index contributed by atoms with van der Waals surface area (Å²) >= 11 is 0. The van der Waals surface area contributed by atoms with E-state index < -0.39 is 10.8 Å². The summed E-state index contributed by atoms with van der Waals surface area (Å²) in [5.41, 5.74) is 22.1. The number of anilines is 3. The summed E-state index contributed by atoms with van der Waals surface area (Å²) in [5.74, 6) is 0. The van der Waals surface area contributed by atoms with Crippen LogP contribution in [0.4, 0.5) is 17.1 Å². The lowest BCUT2D eigenvalue weighted by atomic mass is 9.67. The van der Waals surface area contributed by atoms with Crippen LogP contribution in [-0.4, -0.2) is 0 Å². The molecule has 0 spiro atoms. The highest BCUT2D eigenvalue weighted by atomic mass is 15.1. The predicted octanol–water partition coefficient (Wildman–Crippen LogP) is 18.4. The molecule has 0 fully saturated rings. The molecule has 0 heterocycles. The molecule has 73 heavy (non-hydrogen) atoms. The fraction of sp³-hybridized carbons (Fsp3) is 0.0278. The van der Waals surface area contributed by atoms with Crippen LogP contribution in [0.2, 0.25) is 0 Å². The number of benzene rings is 12. The first-order chi connectivity index (χ1) is 36.2. The van der Waals surface area contributed by atoms with Crippen molar-refractivity contribution in [3.63, 3.8) is 0 Å². The van der Waals surface area contributed by atoms with Gasteiger partial charge in [0.2, 0.25) is 0 Å². The summed E-state index contributed by atoms with van der Waals surface area (Å²) in [6, 6.07) is 110. The Balaban J connectivity index is 1.04. The topological polar surface area (TPSA) is 3.24 Å². The molecule has 1 heteroatoms. The van der Waals surface area contributed by atoms with Crippen molar-refractivity contribution < 1.29 is 0 Å². The fourth-order valence-electron chi connectivity index (χ4n) is 12.9. The van der Waals surface area contributed by atoms with E-state index in [4.69, 9.17) is 0 Å². The monoisotopic (exact) mass is 927 g/mol. The van der Waals surface area contributed by atoms with E-state index in [9.17, 15) is 0 Å². The summed E-state index contributed by atoms with van der Waals surface area (Å²) in [5, 5.41) is 2.48. The highest BCUT2D eigenvalue weighted by Crippen LogP contribution is 2.61. The molecule has 12 aromatic carbocycles. The molecule has 0 saturated heterocycles. The molecule has 0 saturated carbocycles. The highest BCUT2D eigenvalue weighted by molar-refractivity contribution is 6.05. The zero-order chi connectivity index (χ0) is 48.3. The van der Waals surface area contributed by atoms with Gasteiger partial charge in [-0.15, -0.1) is 0 Å². The molecule has 0 aliphatic heterocycles. The van der Waals surface area contributed by atoms with Gasteiger partial charge in [0.05, 0.1) is 16.5 Å². The molecular formula is C72H49N. The van der Waals surface area contributed by atoms with Gasteiger partial charge in [-0.3, -0.25) is 0 Å². The van der Waals surface area contributed by atoms with Gasteiger partial charge >= 0.3 is 0 Å². The first kappa shape index (κ1) is 42.6. The van der Waals surface area contributed by atoms with E-state index in [0.29, 0.717) is 0 Å². The Morgan fingerprint density at radius 3 is 1.32 bits per heavy atom. The predicted molar refractivity (Wildman–Crippen MR) is 304 cm³/mol. The quantitative estimate of drug-likeness (QED) is 0.139. The molecule has 12 aromatic rings. The minimum atomic E-state index is -0.565. The molecule has 14 rings (SSSR count). The van der Waals surface area contributed by atoms with Crippen molar-refractivity contribution in [2.24, 2.45) is 0 Å². The van der Waals surface area contributed by atoms with Crippen LogP contribution in [0.15, 0.2) is 297 Å². The molecule has 2 aliphatic rings. The average molecular weight is 928 g/mol. The van der Waals surface area contributed by atoms with E-state index >= 15 is 0 Å². The maximum absolute atomic E-state index is 2.54. The Morgan fingerprint density at radius 2 is 0.699 bits per heavy atom. The number of hydrogen-bond acceptors (Lipinski definition) is 1. The van der Waals surface area contributed by atoms with Crippen molar-refractivity contribution in [2.45, 2.75) is 10.8 Å². The SMILES string of the molecule is c1ccc(-c2c(-c3ccc(N(c4ccc5c(c4)C(c4ccccc4)(c4ccccc4)c4ccccc4-5)c4cccc5c4-c4ccccc4C5(c4ccccc4)c4ccccc4)cc3)ccc3ccccc23)cc1. The molecule has 0 unspecified atom stereocenters. The van der Waals surface area contributed by atoms with Gasteiger partial charge in [-0.2, -0.15) is 0 Å². The summed E-state index contributed by atoms with van der Waals surface area (Å²) in [4.78, 5) is 2.54. The van der Waals surface area contributed by atoms with E-state index in [2.05, 4.69) is 302 Å². The van der Waals surface area contributed by atoms with Gasteiger partial charge < -0.3 is 4.90 Å². The number of fused-ring (bicyclic) bond motifs is 7. The summed E-state index contributed by atoms with van der Waals surface area (Å²) in [6.07, 6.45) is 0. The van der Waals surface area contributed by atoms with Crippen LogP contribution in [0, 0.1) is 0 Å². The van der Waals surface area contributed by atoms with Gasteiger partial charge in [0, 0.05) is 16.9 Å². The summed E-state index contributed by atoms with van der Waals surface area (Å²) in [6.45, 7) is 0. The van der Waals surface area contributed by atoms with Gasteiger partial charge in [-0.05, 0) is 125 Å². The van der Waals surface area contributed by atoms with Gasteiger partial charge in [0.15, 0.2) is 0 Å². The standard InChI is InChI=1S/C72H49N/c1-6-24-52(25-7-1)69-59-34-17-16-23-50(59)43-47-60(69)51-41-44-57(45-42-51)73(58-46-48-62-61-35-18-20-37-64(61)72(67(62)49-58,55-30-12-4-13-31-55)56-32-14-5-15-33-56)68-40-22-39-66-70(68)63-36-19-21-38-65(63)71(66,53-26-8-2-9-27-53)54-28-10-3-11-29-54/h1-49H. The minimum Gasteiger partial charge on any atom is -0.310 e. The van der Waals surface area contributed by atoms with Crippen molar-refractivity contribution in [3.05, 3.63) is 342 Å². The van der Waals surface area contributed by atoms with Crippen LogP contribution >= 0.6 is 0 Å². The highest BCUT2D eigenvalue weighted by Gasteiger charge is 2.49. The van der Waals surface area contributed by atoms with Crippen LogP contribution in [0.25, 0.3) is 55.3 Å². The lowest BCUT2D eigenvalue weighted by molar-refractivity contribution is 0.768. The first-order valence-corrected chi connectivity index (χ1v) is 25.4. The fourth-order valence-corrected chi connectivity index (χ4v) is 12.9. The Bertz CT molecular complexity index is 3910. The second kappa shape index (κ2) is 17.2. The Labute approximate surface area is 427 Å². The van der Waals surface area contributed by atoms with Crippen LogP contribution in [0.1, 0.15) is 44.5 Å². The van der Waals surface area contributed by atoms with Crippen LogP contribution in [-0.2, 0) is 10.8 Å². The van der Waals surface area contributed by atoms with E-state index in [1.54, 1.807) is 0 Å². The molecule has 0 bridgehead atoms. The third-order valence-corrected chi connectivity index (χ3v) is 15.8. The maximum Gasteiger partial charge on any atom is 0.0714 e. The zero-order valence-electron chi connectivity index (χ0n) is 40.2. The smallest absolute Gasteiger partial charge is 0.0714 e. The Kier molecular flexibility index (Phi) is 10.0. The van der Waals surface area contributed by atoms with E-state index in [1.807, 2.05) is 0 Å². The largest absolute Gasteiger partial charge is 0.310 e. The second-order valence-corrected chi connectivity index (χ2v) is 19.4. The zero-order valence-corrected chi connectivity index (χ0v) is 40.2. The second-order valence-electron chi connectivity index (χ2n) is 19.4. The van der Waals surface area contributed by atoms with E-state index in [-0.39, 0.29) is 0 Å². The third-order valence-electron chi connectivity index (χ3n) is 15.8. The maximum atomic E-state index is 2.54. The lowest BCUT2D eigenvalue weighted by Gasteiger charge is -2.35. The number of hydrogen-bond donors (Lipinski definition) is 0. The van der Waals surface area contributed by atoms with E-state index in [1.165, 1.54) is 99.8 Å². The van der Waals surface area contributed by atoms with Crippen molar-refractivity contribution in [3.8, 4) is 44.5 Å². The van der Waals surface area contributed by atoms with Crippen LogP contribution in [0.5, 0.6) is 0 Å². The summed E-state index contributed by atoms with van der Waals surface area (Å²) in [7, 11) is 0. The normalized spacial score (nSPS) is 13.4. The van der Waals surface area contributed by atoms with Gasteiger partial charge in [-0.25, -0.2) is 0 Å².